The highest BCUT2D eigenvalue weighted by Crippen LogP contribution is 2.37. The molecule has 0 aliphatic heterocycles. The number of furan rings is 1. The van der Waals surface area contributed by atoms with Crippen molar-refractivity contribution in [2.45, 2.75) is 7.43 Å². The second kappa shape index (κ2) is 7.39. The van der Waals surface area contributed by atoms with E-state index in [2.05, 4.69) is 108 Å². The Morgan fingerprint density at radius 1 is 0.455 bits per heavy atom. The fourth-order valence-electron chi connectivity index (χ4n) is 4.91. The molecule has 0 N–H and O–H groups in total. The van der Waals surface area contributed by atoms with Crippen LogP contribution >= 0.6 is 0 Å². The first kappa shape index (κ1) is 19.4. The van der Waals surface area contributed by atoms with Crippen molar-refractivity contribution in [1.82, 2.24) is 4.57 Å². The first-order valence-corrected chi connectivity index (χ1v) is 10.9. The van der Waals surface area contributed by atoms with E-state index in [0.29, 0.717) is 0 Å². The van der Waals surface area contributed by atoms with Gasteiger partial charge in [0.05, 0.1) is 11.0 Å². The zero-order valence-electron chi connectivity index (χ0n) is 17.3. The van der Waals surface area contributed by atoms with Gasteiger partial charge < -0.3 is 8.98 Å². The normalized spacial score (nSPS) is 11.4. The molecule has 0 bridgehead atoms. The minimum Gasteiger partial charge on any atom is -0.456 e. The molecule has 0 spiro atoms. The average Bonchev–Trinajstić information content (AvgIpc) is 3.39. The molecule has 2 heterocycles. The summed E-state index contributed by atoms with van der Waals surface area (Å²) < 4.78 is 8.42. The molecule has 0 aliphatic rings. The molecule has 2 aromatic heterocycles. The van der Waals surface area contributed by atoms with E-state index >= 15 is 0 Å². The molecule has 33 heavy (non-hydrogen) atoms. The van der Waals surface area contributed by atoms with Crippen molar-refractivity contribution in [1.29, 1.82) is 0 Å². The molecule has 0 saturated heterocycles. The molecule has 0 unspecified atom stereocenters. The molecule has 2 heteroatoms. The third kappa shape index (κ3) is 2.88. The Hall–Kier alpha value is -4.30. The number of nitrogens with zero attached hydrogens (tertiary/aromatic N) is 1. The van der Waals surface area contributed by atoms with Crippen molar-refractivity contribution >= 4 is 43.7 Å². The molecule has 2 nitrogen and oxygen atoms in total. The van der Waals surface area contributed by atoms with Crippen LogP contribution in [0.4, 0.5) is 0 Å². The number of aromatic nitrogens is 1. The molecule has 0 atom stereocenters. The Labute approximate surface area is 192 Å². The van der Waals surface area contributed by atoms with Crippen LogP contribution in [0, 0.1) is 0 Å². The zero-order chi connectivity index (χ0) is 21.1. The Bertz CT molecular complexity index is 1770. The van der Waals surface area contributed by atoms with Gasteiger partial charge in [0.15, 0.2) is 0 Å². The third-order valence-corrected chi connectivity index (χ3v) is 6.40. The lowest BCUT2D eigenvalue weighted by molar-refractivity contribution is 0.669. The van der Waals surface area contributed by atoms with E-state index in [4.69, 9.17) is 4.42 Å². The molecule has 7 rings (SSSR count). The molecule has 0 amide bonds. The summed E-state index contributed by atoms with van der Waals surface area (Å²) in [6.45, 7) is 0. The molecule has 5 aromatic carbocycles. The van der Waals surface area contributed by atoms with Crippen LogP contribution in [0.15, 0.2) is 120 Å². The van der Waals surface area contributed by atoms with E-state index in [1.165, 1.54) is 32.9 Å². The van der Waals surface area contributed by atoms with Crippen molar-refractivity contribution in [3.8, 4) is 16.8 Å². The van der Waals surface area contributed by atoms with Gasteiger partial charge in [-0.2, -0.15) is 0 Å². The van der Waals surface area contributed by atoms with E-state index in [-0.39, 0.29) is 7.43 Å². The summed E-state index contributed by atoms with van der Waals surface area (Å²) in [5, 5.41) is 4.82. The number of hydrogen-bond acceptors (Lipinski definition) is 1. The molecule has 0 aliphatic carbocycles. The van der Waals surface area contributed by atoms with Crippen molar-refractivity contribution in [3.63, 3.8) is 0 Å². The Morgan fingerprint density at radius 3 is 2.03 bits per heavy atom. The maximum Gasteiger partial charge on any atom is 0.135 e. The Morgan fingerprint density at radius 2 is 1.15 bits per heavy atom. The van der Waals surface area contributed by atoms with Crippen molar-refractivity contribution in [3.05, 3.63) is 115 Å². The number of benzene rings is 5. The smallest absolute Gasteiger partial charge is 0.135 e. The molecular weight excluding hydrogens is 402 g/mol. The van der Waals surface area contributed by atoms with Gasteiger partial charge in [0.2, 0.25) is 0 Å². The van der Waals surface area contributed by atoms with Crippen LogP contribution in [0.25, 0.3) is 60.6 Å². The Kier molecular flexibility index (Phi) is 4.34. The summed E-state index contributed by atoms with van der Waals surface area (Å²) in [6.07, 6.45) is 0. The second-order valence-electron chi connectivity index (χ2n) is 8.23. The summed E-state index contributed by atoms with van der Waals surface area (Å²) in [6, 6.07) is 40.7. The summed E-state index contributed by atoms with van der Waals surface area (Å²) in [4.78, 5) is 0. The molecule has 0 saturated carbocycles. The van der Waals surface area contributed by atoms with Crippen molar-refractivity contribution in [2.24, 2.45) is 0 Å². The van der Waals surface area contributed by atoms with Crippen LogP contribution in [0.3, 0.4) is 0 Å². The molecule has 158 valence electrons. The van der Waals surface area contributed by atoms with E-state index < -0.39 is 0 Å². The summed E-state index contributed by atoms with van der Waals surface area (Å²) >= 11 is 0. The standard InChI is InChI=1S/C30H19NO.CH4/c1-2-8-20(9-3-1)21-14-16-28-25(18-21)23-10-4-6-12-27(23)31(28)22-15-17-30-26(19-22)24-11-5-7-13-29(24)32-30;/h1-19H;1H4. The minimum absolute atomic E-state index is 0. The van der Waals surface area contributed by atoms with Gasteiger partial charge in [0, 0.05) is 27.2 Å². The van der Waals surface area contributed by atoms with Gasteiger partial charge in [-0.05, 0) is 53.6 Å². The number of para-hydroxylation sites is 2. The lowest BCUT2D eigenvalue weighted by Gasteiger charge is -2.08. The fraction of sp³-hybridized carbons (Fsp3) is 0.0323. The van der Waals surface area contributed by atoms with Gasteiger partial charge in [-0.15, -0.1) is 0 Å². The zero-order valence-corrected chi connectivity index (χ0v) is 17.3. The summed E-state index contributed by atoms with van der Waals surface area (Å²) in [5.74, 6) is 0. The van der Waals surface area contributed by atoms with Gasteiger partial charge in [-0.3, -0.25) is 0 Å². The fourth-order valence-corrected chi connectivity index (χ4v) is 4.91. The molecular formula is C31H23NO. The predicted octanol–water partition coefficient (Wildman–Crippen LogP) is 8.99. The minimum atomic E-state index is 0. The SMILES string of the molecule is C.c1ccc(-c2ccc3c(c2)c2ccccc2n3-c2ccc3oc4ccccc4c3c2)cc1. The Balaban J connectivity index is 0.00000206. The van der Waals surface area contributed by atoms with Gasteiger partial charge in [0.25, 0.3) is 0 Å². The largest absolute Gasteiger partial charge is 0.456 e. The summed E-state index contributed by atoms with van der Waals surface area (Å²) in [7, 11) is 0. The van der Waals surface area contributed by atoms with Crippen LogP contribution in [0.1, 0.15) is 7.43 Å². The lowest BCUT2D eigenvalue weighted by atomic mass is 10.0. The topological polar surface area (TPSA) is 18.1 Å². The van der Waals surface area contributed by atoms with Crippen LogP contribution in [0.2, 0.25) is 0 Å². The lowest BCUT2D eigenvalue weighted by Crippen LogP contribution is -1.93. The van der Waals surface area contributed by atoms with Gasteiger partial charge in [-0.25, -0.2) is 0 Å². The van der Waals surface area contributed by atoms with Crippen LogP contribution < -0.4 is 0 Å². The highest BCUT2D eigenvalue weighted by atomic mass is 16.3. The first-order valence-electron chi connectivity index (χ1n) is 10.9. The van der Waals surface area contributed by atoms with Gasteiger partial charge >= 0.3 is 0 Å². The first-order chi connectivity index (χ1) is 15.9. The predicted molar refractivity (Wildman–Crippen MR) is 140 cm³/mol. The molecule has 0 radical (unpaired) electrons. The number of hydrogen-bond donors (Lipinski definition) is 0. The van der Waals surface area contributed by atoms with E-state index in [1.807, 2.05) is 12.1 Å². The molecule has 0 fully saturated rings. The van der Waals surface area contributed by atoms with Crippen LogP contribution in [0.5, 0.6) is 0 Å². The van der Waals surface area contributed by atoms with E-state index in [0.717, 1.165) is 27.6 Å². The van der Waals surface area contributed by atoms with E-state index in [1.54, 1.807) is 0 Å². The van der Waals surface area contributed by atoms with E-state index in [9.17, 15) is 0 Å². The van der Waals surface area contributed by atoms with Crippen molar-refractivity contribution in [2.75, 3.05) is 0 Å². The number of rotatable bonds is 2. The van der Waals surface area contributed by atoms with Crippen molar-refractivity contribution < 1.29 is 4.42 Å². The van der Waals surface area contributed by atoms with Crippen LogP contribution in [-0.4, -0.2) is 4.57 Å². The maximum absolute atomic E-state index is 6.06. The monoisotopic (exact) mass is 425 g/mol. The van der Waals surface area contributed by atoms with Crippen LogP contribution in [-0.2, 0) is 0 Å². The summed E-state index contributed by atoms with van der Waals surface area (Å²) in [5.41, 5.74) is 7.87. The number of fused-ring (bicyclic) bond motifs is 6. The highest BCUT2D eigenvalue weighted by Gasteiger charge is 2.14. The maximum atomic E-state index is 6.06. The average molecular weight is 426 g/mol. The molecule has 7 aromatic rings. The quantitative estimate of drug-likeness (QED) is 0.270. The highest BCUT2D eigenvalue weighted by molar-refractivity contribution is 6.11. The third-order valence-electron chi connectivity index (χ3n) is 6.40. The van der Waals surface area contributed by atoms with Gasteiger partial charge in [0.1, 0.15) is 11.2 Å². The van der Waals surface area contributed by atoms with Gasteiger partial charge in [-0.1, -0.05) is 80.2 Å². The second-order valence-corrected chi connectivity index (χ2v) is 8.23.